The Morgan fingerprint density at radius 1 is 0.923 bits per heavy atom. The van der Waals surface area contributed by atoms with Gasteiger partial charge in [0.25, 0.3) is 0 Å². The van der Waals surface area contributed by atoms with Gasteiger partial charge in [0.05, 0.1) is 56.1 Å². The zero-order chi connectivity index (χ0) is 27.4. The minimum atomic E-state index is -0.237. The Morgan fingerprint density at radius 2 is 1.64 bits per heavy atom. The van der Waals surface area contributed by atoms with E-state index < -0.39 is 0 Å². The van der Waals surface area contributed by atoms with Crippen molar-refractivity contribution in [2.75, 3.05) is 19.5 Å². The van der Waals surface area contributed by atoms with Gasteiger partial charge in [0.2, 0.25) is 11.9 Å². The van der Waals surface area contributed by atoms with Gasteiger partial charge in [-0.2, -0.15) is 5.10 Å². The van der Waals surface area contributed by atoms with Crippen molar-refractivity contribution in [3.63, 3.8) is 0 Å². The molecule has 0 aliphatic rings. The van der Waals surface area contributed by atoms with E-state index in [4.69, 9.17) is 14.2 Å². The zero-order valence-electron chi connectivity index (χ0n) is 22.1. The minimum absolute atomic E-state index is 0.149. The summed E-state index contributed by atoms with van der Waals surface area (Å²) in [4.78, 5) is 25.8. The second kappa shape index (κ2) is 11.2. The predicted molar refractivity (Wildman–Crippen MR) is 147 cm³/mol. The number of hydrogen-bond acceptors (Lipinski definition) is 8. The number of nitrogens with one attached hydrogen (secondary N) is 1. The van der Waals surface area contributed by atoms with Crippen LogP contribution in [0.15, 0.2) is 73.3 Å². The number of anilines is 1. The number of aromatic nitrogens is 5. The van der Waals surface area contributed by atoms with Gasteiger partial charge in [0.15, 0.2) is 17.2 Å². The van der Waals surface area contributed by atoms with Crippen LogP contribution in [0.5, 0.6) is 23.0 Å². The number of methoxy groups -OCH3 is 2. The Balaban J connectivity index is 1.29. The highest BCUT2D eigenvalue weighted by Crippen LogP contribution is 2.36. The van der Waals surface area contributed by atoms with Gasteiger partial charge in [-0.05, 0) is 30.2 Å². The molecule has 3 aromatic heterocycles. The summed E-state index contributed by atoms with van der Waals surface area (Å²) in [5.74, 6) is 2.21. The number of pyridine rings is 1. The molecule has 1 N–H and O–H groups in total. The lowest BCUT2D eigenvalue weighted by molar-refractivity contribution is -0.115. The summed E-state index contributed by atoms with van der Waals surface area (Å²) in [5, 5.41) is 8.03. The smallest absolute Gasteiger partial charge is 0.231 e. The van der Waals surface area contributed by atoms with Gasteiger partial charge in [0, 0.05) is 23.2 Å². The van der Waals surface area contributed by atoms with Gasteiger partial charge in [0.1, 0.15) is 5.75 Å². The van der Waals surface area contributed by atoms with E-state index in [1.165, 1.54) is 12.4 Å². The first-order valence-corrected chi connectivity index (χ1v) is 12.4. The van der Waals surface area contributed by atoms with Crippen LogP contribution in [0.1, 0.15) is 31.0 Å². The van der Waals surface area contributed by atoms with E-state index in [1.54, 1.807) is 44.8 Å². The van der Waals surface area contributed by atoms with Crippen LogP contribution >= 0.6 is 0 Å². The van der Waals surface area contributed by atoms with Crippen LogP contribution in [0, 0.1) is 0 Å². The van der Waals surface area contributed by atoms with Crippen LogP contribution < -0.4 is 19.5 Å². The summed E-state index contributed by atoms with van der Waals surface area (Å²) in [7, 11) is 3.14. The summed E-state index contributed by atoms with van der Waals surface area (Å²) in [6, 6.07) is 15.2. The molecule has 198 valence electrons. The number of ether oxygens (including phenoxy) is 3. The Bertz CT molecular complexity index is 1600. The second-order valence-corrected chi connectivity index (χ2v) is 9.06. The van der Waals surface area contributed by atoms with Crippen LogP contribution in [0.2, 0.25) is 0 Å². The van der Waals surface area contributed by atoms with Crippen molar-refractivity contribution in [1.82, 2.24) is 24.7 Å². The van der Waals surface area contributed by atoms with Crippen LogP contribution in [-0.4, -0.2) is 44.9 Å². The largest absolute Gasteiger partial charge is 0.493 e. The molecule has 10 heteroatoms. The molecule has 0 fully saturated rings. The molecule has 0 spiro atoms. The fourth-order valence-electron chi connectivity index (χ4n) is 4.36. The average Bonchev–Trinajstić information content (AvgIpc) is 3.37. The molecule has 5 rings (SSSR count). The molecule has 0 saturated carbocycles. The number of rotatable bonds is 9. The topological polar surface area (TPSA) is 113 Å². The first-order valence-electron chi connectivity index (χ1n) is 12.4. The SMILES string of the molecule is COc1cc2nccc(Oc3cnc(NC(=O)Cc4cnn(-c5ccccc5)c4C(C)C)nc3)c2cc1OC. The summed E-state index contributed by atoms with van der Waals surface area (Å²) in [6.45, 7) is 4.16. The quantitative estimate of drug-likeness (QED) is 0.275. The molecule has 0 saturated heterocycles. The fraction of sp³-hybridized carbons (Fsp3) is 0.207. The molecule has 5 aromatic rings. The van der Waals surface area contributed by atoms with E-state index in [0.717, 1.165) is 22.3 Å². The van der Waals surface area contributed by atoms with Crippen LogP contribution in [0.3, 0.4) is 0 Å². The first kappa shape index (κ1) is 25.7. The first-order chi connectivity index (χ1) is 19.0. The monoisotopic (exact) mass is 524 g/mol. The molecular weight excluding hydrogens is 496 g/mol. The Hall–Kier alpha value is -4.99. The third-order valence-electron chi connectivity index (χ3n) is 6.10. The third-order valence-corrected chi connectivity index (χ3v) is 6.10. The van der Waals surface area contributed by atoms with Gasteiger partial charge in [-0.25, -0.2) is 14.6 Å². The number of amides is 1. The Kier molecular flexibility index (Phi) is 7.35. The third kappa shape index (κ3) is 5.49. The Labute approximate surface area is 225 Å². The highest BCUT2D eigenvalue weighted by atomic mass is 16.5. The minimum Gasteiger partial charge on any atom is -0.493 e. The van der Waals surface area contributed by atoms with Crippen molar-refractivity contribution in [3.8, 4) is 28.7 Å². The molecule has 0 radical (unpaired) electrons. The number of fused-ring (bicyclic) bond motifs is 1. The maximum Gasteiger partial charge on any atom is 0.231 e. The lowest BCUT2D eigenvalue weighted by atomic mass is 10.0. The van der Waals surface area contributed by atoms with Crippen molar-refractivity contribution < 1.29 is 19.0 Å². The second-order valence-electron chi connectivity index (χ2n) is 9.06. The maximum atomic E-state index is 12.8. The zero-order valence-corrected chi connectivity index (χ0v) is 22.1. The van der Waals surface area contributed by atoms with Gasteiger partial charge < -0.3 is 14.2 Å². The molecule has 39 heavy (non-hydrogen) atoms. The molecule has 0 aliphatic heterocycles. The van der Waals surface area contributed by atoms with Gasteiger partial charge in [-0.15, -0.1) is 0 Å². The summed E-state index contributed by atoms with van der Waals surface area (Å²) < 4.78 is 18.7. The maximum absolute atomic E-state index is 12.8. The summed E-state index contributed by atoms with van der Waals surface area (Å²) >= 11 is 0. The number of hydrogen-bond donors (Lipinski definition) is 1. The van der Waals surface area contributed by atoms with Crippen LogP contribution in [-0.2, 0) is 11.2 Å². The number of para-hydroxylation sites is 1. The van der Waals surface area contributed by atoms with Gasteiger partial charge in [-0.1, -0.05) is 32.0 Å². The average molecular weight is 525 g/mol. The molecule has 0 unspecified atom stereocenters. The van der Waals surface area contributed by atoms with E-state index in [1.807, 2.05) is 35.0 Å². The summed E-state index contributed by atoms with van der Waals surface area (Å²) in [6.07, 6.45) is 6.54. The molecule has 0 bridgehead atoms. The standard InChI is InChI=1S/C29H28N6O4/c1-18(2)28-19(15-33-35(28)20-8-6-5-7-9-20)12-27(36)34-29-31-16-21(17-32-29)39-24-10-11-30-23-14-26(38-4)25(37-3)13-22(23)24/h5-11,13-18H,12H2,1-4H3,(H,31,32,34,36). The Morgan fingerprint density at radius 3 is 2.33 bits per heavy atom. The van der Waals surface area contributed by atoms with E-state index in [9.17, 15) is 4.79 Å². The molecule has 0 atom stereocenters. The lowest BCUT2D eigenvalue weighted by Gasteiger charge is -2.13. The number of carbonyl (C=O) groups is 1. The van der Waals surface area contributed by atoms with Crippen molar-refractivity contribution in [2.24, 2.45) is 0 Å². The number of benzene rings is 2. The van der Waals surface area contributed by atoms with Crippen LogP contribution in [0.25, 0.3) is 16.6 Å². The molecule has 10 nitrogen and oxygen atoms in total. The molecule has 1 amide bonds. The van der Waals surface area contributed by atoms with E-state index >= 15 is 0 Å². The highest BCUT2D eigenvalue weighted by Gasteiger charge is 2.18. The highest BCUT2D eigenvalue weighted by molar-refractivity contribution is 5.91. The van der Waals surface area contributed by atoms with Crippen molar-refractivity contribution in [1.29, 1.82) is 0 Å². The molecule has 2 aromatic carbocycles. The molecule has 0 aliphatic carbocycles. The lowest BCUT2D eigenvalue weighted by Crippen LogP contribution is -2.17. The van der Waals surface area contributed by atoms with E-state index in [0.29, 0.717) is 28.5 Å². The van der Waals surface area contributed by atoms with Gasteiger partial charge in [-0.3, -0.25) is 15.1 Å². The number of nitrogens with zero attached hydrogens (tertiary/aromatic N) is 5. The fourth-order valence-corrected chi connectivity index (χ4v) is 4.36. The normalized spacial score (nSPS) is 11.0. The molecular formula is C29H28N6O4. The summed E-state index contributed by atoms with van der Waals surface area (Å²) in [5.41, 5.74) is 3.47. The van der Waals surface area contributed by atoms with Crippen LogP contribution in [0.4, 0.5) is 5.95 Å². The van der Waals surface area contributed by atoms with E-state index in [-0.39, 0.29) is 24.2 Å². The van der Waals surface area contributed by atoms with Crippen molar-refractivity contribution in [3.05, 3.63) is 84.6 Å². The van der Waals surface area contributed by atoms with E-state index in [2.05, 4.69) is 39.2 Å². The predicted octanol–water partition coefficient (Wildman–Crippen LogP) is 5.32. The van der Waals surface area contributed by atoms with Gasteiger partial charge >= 0.3 is 0 Å². The van der Waals surface area contributed by atoms with Crippen molar-refractivity contribution >= 4 is 22.8 Å². The molecule has 3 heterocycles. The van der Waals surface area contributed by atoms with Crippen molar-refractivity contribution in [2.45, 2.75) is 26.2 Å². The number of carbonyl (C=O) groups excluding carboxylic acids is 1.